The van der Waals surface area contributed by atoms with Crippen molar-refractivity contribution in [3.05, 3.63) is 72.8 Å². The summed E-state index contributed by atoms with van der Waals surface area (Å²) in [5.41, 5.74) is 4.30. The van der Waals surface area contributed by atoms with E-state index in [0.717, 1.165) is 43.7 Å². The van der Waals surface area contributed by atoms with E-state index < -0.39 is 0 Å². The number of methoxy groups -OCH3 is 1. The van der Waals surface area contributed by atoms with Gasteiger partial charge in [-0.1, -0.05) is 18.2 Å². The van der Waals surface area contributed by atoms with Crippen molar-refractivity contribution in [1.82, 2.24) is 15.0 Å². The maximum Gasteiger partial charge on any atom is 0.338 e. The summed E-state index contributed by atoms with van der Waals surface area (Å²) in [6.07, 6.45) is 7.27. The molecule has 0 amide bonds. The summed E-state index contributed by atoms with van der Waals surface area (Å²) in [7, 11) is 1.40. The van der Waals surface area contributed by atoms with Crippen LogP contribution in [0.2, 0.25) is 0 Å². The van der Waals surface area contributed by atoms with Gasteiger partial charge in [0.1, 0.15) is 0 Å². The first-order chi connectivity index (χ1) is 13.3. The number of aromatic amines is 1. The van der Waals surface area contributed by atoms with Crippen LogP contribution in [0.15, 0.2) is 67.3 Å². The van der Waals surface area contributed by atoms with Crippen molar-refractivity contribution < 1.29 is 9.53 Å². The van der Waals surface area contributed by atoms with Gasteiger partial charge >= 0.3 is 5.97 Å². The van der Waals surface area contributed by atoms with Crippen LogP contribution in [-0.4, -0.2) is 28.0 Å². The van der Waals surface area contributed by atoms with Crippen molar-refractivity contribution in [2.75, 3.05) is 7.11 Å². The Bertz CT molecular complexity index is 1340. The van der Waals surface area contributed by atoms with Gasteiger partial charge in [0.05, 0.1) is 12.7 Å². The third-order valence-corrected chi connectivity index (χ3v) is 4.92. The molecule has 5 nitrogen and oxygen atoms in total. The summed E-state index contributed by atoms with van der Waals surface area (Å²) in [5.74, 6) is -0.358. The Kier molecular flexibility index (Phi) is 3.40. The van der Waals surface area contributed by atoms with Gasteiger partial charge in [-0.15, -0.1) is 0 Å². The summed E-state index contributed by atoms with van der Waals surface area (Å²) in [5, 5.41) is 4.22. The summed E-state index contributed by atoms with van der Waals surface area (Å²) < 4.78 is 4.98. The van der Waals surface area contributed by atoms with E-state index in [1.807, 2.05) is 42.7 Å². The minimum Gasteiger partial charge on any atom is -0.465 e. The Morgan fingerprint density at radius 3 is 2.52 bits per heavy atom. The van der Waals surface area contributed by atoms with Gasteiger partial charge in [-0.05, 0) is 40.8 Å². The Morgan fingerprint density at radius 1 is 0.889 bits per heavy atom. The quantitative estimate of drug-likeness (QED) is 0.466. The molecule has 5 heteroatoms. The minimum absolute atomic E-state index is 0.358. The molecule has 5 aromatic rings. The van der Waals surface area contributed by atoms with E-state index in [-0.39, 0.29) is 5.97 Å². The number of nitrogens with zero attached hydrogens (tertiary/aromatic N) is 2. The lowest BCUT2D eigenvalue weighted by Crippen LogP contribution is -2.03. The van der Waals surface area contributed by atoms with E-state index in [2.05, 4.69) is 21.0 Å². The van der Waals surface area contributed by atoms with E-state index >= 15 is 0 Å². The van der Waals surface area contributed by atoms with Crippen LogP contribution < -0.4 is 0 Å². The zero-order valence-electron chi connectivity index (χ0n) is 14.6. The Morgan fingerprint density at radius 2 is 1.67 bits per heavy atom. The van der Waals surface area contributed by atoms with Crippen LogP contribution in [0.25, 0.3) is 43.7 Å². The van der Waals surface area contributed by atoms with E-state index in [9.17, 15) is 4.79 Å². The van der Waals surface area contributed by atoms with Gasteiger partial charge in [-0.25, -0.2) is 4.79 Å². The minimum atomic E-state index is -0.358. The van der Waals surface area contributed by atoms with E-state index in [1.54, 1.807) is 18.5 Å². The third kappa shape index (κ3) is 2.29. The third-order valence-electron chi connectivity index (χ3n) is 4.92. The molecular formula is C22H15N3O2. The molecule has 0 spiro atoms. The molecule has 0 saturated carbocycles. The summed E-state index contributed by atoms with van der Waals surface area (Å²) >= 11 is 0. The van der Waals surface area contributed by atoms with Gasteiger partial charge in [0.15, 0.2) is 0 Å². The molecule has 0 bridgehead atoms. The number of hydrogen-bond donors (Lipinski definition) is 1. The largest absolute Gasteiger partial charge is 0.465 e. The van der Waals surface area contributed by atoms with E-state index in [4.69, 9.17) is 4.74 Å². The van der Waals surface area contributed by atoms with Gasteiger partial charge < -0.3 is 9.72 Å². The maximum absolute atomic E-state index is 12.3. The van der Waals surface area contributed by atoms with E-state index in [0.29, 0.717) is 5.56 Å². The van der Waals surface area contributed by atoms with Crippen molar-refractivity contribution in [3.63, 3.8) is 0 Å². The molecule has 0 aliphatic heterocycles. The first kappa shape index (κ1) is 15.5. The molecule has 0 aliphatic carbocycles. The van der Waals surface area contributed by atoms with Crippen LogP contribution in [0.5, 0.6) is 0 Å². The van der Waals surface area contributed by atoms with Gasteiger partial charge in [0.25, 0.3) is 0 Å². The average molecular weight is 353 g/mol. The molecular weight excluding hydrogens is 338 g/mol. The fourth-order valence-electron chi connectivity index (χ4n) is 3.73. The van der Waals surface area contributed by atoms with Gasteiger partial charge in [-0.2, -0.15) is 0 Å². The number of benzene rings is 2. The SMILES string of the molecule is COC(=O)c1ccccc1-c1cc2[nH]c3ccncc3c2c2ccncc12. The summed E-state index contributed by atoms with van der Waals surface area (Å²) in [6.45, 7) is 0. The zero-order valence-corrected chi connectivity index (χ0v) is 14.6. The monoisotopic (exact) mass is 353 g/mol. The molecule has 1 N–H and O–H groups in total. The highest BCUT2D eigenvalue weighted by Gasteiger charge is 2.18. The number of fused-ring (bicyclic) bond motifs is 5. The van der Waals surface area contributed by atoms with Crippen LogP contribution in [0, 0.1) is 0 Å². The number of hydrogen-bond acceptors (Lipinski definition) is 4. The Hall–Kier alpha value is -3.73. The molecule has 0 aliphatic rings. The number of carbonyl (C=O) groups excluding carboxylic acids is 1. The van der Waals surface area contributed by atoms with Crippen molar-refractivity contribution in [1.29, 1.82) is 0 Å². The fourth-order valence-corrected chi connectivity index (χ4v) is 3.73. The summed E-state index contributed by atoms with van der Waals surface area (Å²) in [6, 6.07) is 13.5. The normalized spacial score (nSPS) is 11.3. The Labute approximate surface area is 154 Å². The van der Waals surface area contributed by atoms with Crippen LogP contribution in [0.1, 0.15) is 10.4 Å². The molecule has 3 aromatic heterocycles. The second-order valence-corrected chi connectivity index (χ2v) is 6.35. The number of nitrogens with one attached hydrogen (secondary N) is 1. The van der Waals surface area contributed by atoms with Crippen molar-refractivity contribution in [2.24, 2.45) is 0 Å². The predicted molar refractivity (Wildman–Crippen MR) is 106 cm³/mol. The first-order valence-electron chi connectivity index (χ1n) is 8.58. The van der Waals surface area contributed by atoms with E-state index in [1.165, 1.54) is 7.11 Å². The molecule has 2 aromatic carbocycles. The number of H-pyrrole nitrogens is 1. The molecule has 3 heterocycles. The zero-order chi connectivity index (χ0) is 18.4. The van der Waals surface area contributed by atoms with Crippen LogP contribution in [-0.2, 0) is 4.74 Å². The number of esters is 1. The van der Waals surface area contributed by atoms with Crippen LogP contribution >= 0.6 is 0 Å². The van der Waals surface area contributed by atoms with Crippen LogP contribution in [0.4, 0.5) is 0 Å². The molecule has 0 unspecified atom stereocenters. The number of ether oxygens (including phenoxy) is 1. The molecule has 27 heavy (non-hydrogen) atoms. The Balaban J connectivity index is 1.94. The topological polar surface area (TPSA) is 67.9 Å². The average Bonchev–Trinajstić information content (AvgIpc) is 3.11. The first-order valence-corrected chi connectivity index (χ1v) is 8.58. The number of rotatable bonds is 2. The number of aromatic nitrogens is 3. The smallest absolute Gasteiger partial charge is 0.338 e. The lowest BCUT2D eigenvalue weighted by Gasteiger charge is -2.12. The highest BCUT2D eigenvalue weighted by Crippen LogP contribution is 2.38. The van der Waals surface area contributed by atoms with Crippen LogP contribution in [0.3, 0.4) is 0 Å². The number of carbonyl (C=O) groups is 1. The molecule has 0 saturated heterocycles. The summed E-state index contributed by atoms with van der Waals surface area (Å²) in [4.78, 5) is 24.4. The number of pyridine rings is 2. The lowest BCUT2D eigenvalue weighted by molar-refractivity contribution is 0.0601. The molecule has 5 rings (SSSR count). The van der Waals surface area contributed by atoms with Crippen molar-refractivity contribution in [2.45, 2.75) is 0 Å². The molecule has 130 valence electrons. The van der Waals surface area contributed by atoms with Crippen molar-refractivity contribution in [3.8, 4) is 11.1 Å². The maximum atomic E-state index is 12.3. The van der Waals surface area contributed by atoms with Gasteiger partial charge in [0.2, 0.25) is 0 Å². The van der Waals surface area contributed by atoms with Gasteiger partial charge in [0, 0.05) is 52.0 Å². The highest BCUT2D eigenvalue weighted by molar-refractivity contribution is 6.23. The second-order valence-electron chi connectivity index (χ2n) is 6.35. The van der Waals surface area contributed by atoms with Gasteiger partial charge in [-0.3, -0.25) is 9.97 Å². The molecule has 0 radical (unpaired) electrons. The second kappa shape index (κ2) is 5.92. The highest BCUT2D eigenvalue weighted by atomic mass is 16.5. The molecule has 0 atom stereocenters. The molecule has 0 fully saturated rings. The standard InChI is InChI=1S/C22H15N3O2/c1-27-22(26)15-5-3-2-4-13(15)16-10-20-21(14-6-8-23-11-17(14)16)18-12-24-9-7-19(18)25-20/h2-12,25H,1H3. The van der Waals surface area contributed by atoms with Crippen molar-refractivity contribution >= 4 is 38.5 Å². The fraction of sp³-hybridized carbons (Fsp3) is 0.0455. The lowest BCUT2D eigenvalue weighted by atomic mass is 9.93. The predicted octanol–water partition coefficient (Wildman–Crippen LogP) is 4.72.